The molecule has 134 valence electrons. The topological polar surface area (TPSA) is 72.5 Å². The third-order valence-electron chi connectivity index (χ3n) is 3.64. The highest BCUT2D eigenvalue weighted by Gasteiger charge is 2.14. The Labute approximate surface area is 148 Å². The average molecular weight is 361 g/mol. The molecular formula is C19H23NO4S. The van der Waals surface area contributed by atoms with Gasteiger partial charge < -0.3 is 10.1 Å². The molecule has 5 nitrogen and oxygen atoms in total. The number of nitrogens with one attached hydrogen (secondary N) is 1. The minimum Gasteiger partial charge on any atom is -0.494 e. The maximum atomic E-state index is 12.2. The van der Waals surface area contributed by atoms with E-state index in [1.165, 1.54) is 0 Å². The van der Waals surface area contributed by atoms with Crippen LogP contribution in [0.4, 0.5) is 0 Å². The largest absolute Gasteiger partial charge is 0.494 e. The highest BCUT2D eigenvalue weighted by Crippen LogP contribution is 2.13. The number of hydrogen-bond donors (Lipinski definition) is 1. The normalized spacial score (nSPS) is 11.1. The highest BCUT2D eigenvalue weighted by atomic mass is 32.2. The van der Waals surface area contributed by atoms with Gasteiger partial charge in [0.1, 0.15) is 5.75 Å². The predicted molar refractivity (Wildman–Crippen MR) is 97.7 cm³/mol. The number of rotatable bonds is 9. The number of carbonyl (C=O) groups excluding carboxylic acids is 1. The molecule has 0 aromatic heterocycles. The van der Waals surface area contributed by atoms with Crippen molar-refractivity contribution in [3.05, 3.63) is 60.2 Å². The Hall–Kier alpha value is -2.34. The molecule has 0 aliphatic heterocycles. The average Bonchev–Trinajstić information content (AvgIpc) is 2.63. The Morgan fingerprint density at radius 3 is 2.36 bits per heavy atom. The monoisotopic (exact) mass is 361 g/mol. The molecule has 0 bridgehead atoms. The van der Waals surface area contributed by atoms with Crippen LogP contribution in [0, 0.1) is 0 Å². The lowest BCUT2D eigenvalue weighted by atomic mass is 10.2. The molecule has 2 aromatic rings. The molecule has 0 heterocycles. The summed E-state index contributed by atoms with van der Waals surface area (Å²) in [6.07, 6.45) is 2.05. The molecule has 0 unspecified atom stereocenters. The molecule has 6 heteroatoms. The van der Waals surface area contributed by atoms with Crippen LogP contribution in [0.1, 0.15) is 30.1 Å². The minimum absolute atomic E-state index is 0.0603. The van der Waals surface area contributed by atoms with Crippen molar-refractivity contribution in [2.45, 2.75) is 24.7 Å². The number of carbonyl (C=O) groups is 1. The summed E-state index contributed by atoms with van der Waals surface area (Å²) in [5.74, 6) is 0.279. The van der Waals surface area contributed by atoms with E-state index >= 15 is 0 Å². The van der Waals surface area contributed by atoms with Gasteiger partial charge in [0, 0.05) is 12.1 Å². The van der Waals surface area contributed by atoms with Crippen LogP contribution in [0.3, 0.4) is 0 Å². The Balaban J connectivity index is 1.84. The summed E-state index contributed by atoms with van der Waals surface area (Å²) in [5, 5.41) is 2.64. The highest BCUT2D eigenvalue weighted by molar-refractivity contribution is 7.91. The molecule has 2 rings (SSSR count). The fraction of sp³-hybridized carbons (Fsp3) is 0.316. The standard InChI is InChI=1S/C19H23NO4S/c1-2-3-14-24-17-11-9-16(10-12-17)19(21)20-13-15-25(22,23)18-7-5-4-6-8-18/h4-12H,2-3,13-15H2,1H3,(H,20,21). The van der Waals surface area contributed by atoms with Crippen molar-refractivity contribution in [2.24, 2.45) is 0 Å². The second-order valence-electron chi connectivity index (χ2n) is 5.61. The van der Waals surface area contributed by atoms with Gasteiger partial charge in [-0.3, -0.25) is 4.79 Å². The van der Waals surface area contributed by atoms with E-state index in [0.29, 0.717) is 12.2 Å². The zero-order valence-corrected chi connectivity index (χ0v) is 15.1. The van der Waals surface area contributed by atoms with E-state index in [1.807, 2.05) is 0 Å². The summed E-state index contributed by atoms with van der Waals surface area (Å²) >= 11 is 0. The number of amides is 1. The first-order valence-corrected chi connectivity index (χ1v) is 9.97. The molecule has 0 aliphatic rings. The van der Waals surface area contributed by atoms with Gasteiger partial charge in [-0.05, 0) is 42.8 Å². The number of sulfone groups is 1. The van der Waals surface area contributed by atoms with Gasteiger partial charge in [-0.2, -0.15) is 0 Å². The van der Waals surface area contributed by atoms with E-state index in [1.54, 1.807) is 54.6 Å². The molecular weight excluding hydrogens is 338 g/mol. The van der Waals surface area contributed by atoms with Crippen LogP contribution < -0.4 is 10.1 Å². The van der Waals surface area contributed by atoms with Crippen molar-refractivity contribution >= 4 is 15.7 Å². The van der Waals surface area contributed by atoms with Gasteiger partial charge >= 0.3 is 0 Å². The van der Waals surface area contributed by atoms with Gasteiger partial charge in [-0.25, -0.2) is 8.42 Å². The summed E-state index contributed by atoms with van der Waals surface area (Å²) in [4.78, 5) is 12.4. The Morgan fingerprint density at radius 1 is 1.04 bits per heavy atom. The first kappa shape index (κ1) is 19.0. The summed E-state index contributed by atoms with van der Waals surface area (Å²) in [5.41, 5.74) is 0.472. The molecule has 0 radical (unpaired) electrons. The molecule has 0 aliphatic carbocycles. The second-order valence-corrected chi connectivity index (χ2v) is 7.72. The van der Waals surface area contributed by atoms with Crippen LogP contribution in [-0.2, 0) is 9.84 Å². The van der Waals surface area contributed by atoms with Crippen LogP contribution in [0.5, 0.6) is 5.75 Å². The fourth-order valence-corrected chi connectivity index (χ4v) is 3.36. The number of ether oxygens (including phenoxy) is 1. The fourth-order valence-electron chi connectivity index (χ4n) is 2.18. The molecule has 25 heavy (non-hydrogen) atoms. The van der Waals surface area contributed by atoms with Crippen molar-refractivity contribution in [1.82, 2.24) is 5.32 Å². The Bertz CT molecular complexity index is 771. The van der Waals surface area contributed by atoms with E-state index in [4.69, 9.17) is 4.74 Å². The summed E-state index contributed by atoms with van der Waals surface area (Å²) < 4.78 is 29.8. The smallest absolute Gasteiger partial charge is 0.251 e. The minimum atomic E-state index is -3.39. The van der Waals surface area contributed by atoms with Gasteiger partial charge in [0.15, 0.2) is 9.84 Å². The quantitative estimate of drug-likeness (QED) is 0.697. The molecule has 0 fully saturated rings. The van der Waals surface area contributed by atoms with Gasteiger partial charge in [0.25, 0.3) is 5.91 Å². The van der Waals surface area contributed by atoms with Gasteiger partial charge in [-0.15, -0.1) is 0 Å². The van der Waals surface area contributed by atoms with Gasteiger partial charge in [0.05, 0.1) is 17.3 Å². The molecule has 0 saturated carbocycles. The van der Waals surface area contributed by atoms with Crippen LogP contribution >= 0.6 is 0 Å². The molecule has 0 spiro atoms. The summed E-state index contributed by atoms with van der Waals surface area (Å²) in [7, 11) is -3.39. The van der Waals surface area contributed by atoms with Crippen LogP contribution in [0.25, 0.3) is 0 Å². The van der Waals surface area contributed by atoms with Crippen LogP contribution in [0.15, 0.2) is 59.5 Å². The summed E-state index contributed by atoms with van der Waals surface area (Å²) in [6, 6.07) is 15.0. The third kappa shape index (κ3) is 5.90. The van der Waals surface area contributed by atoms with E-state index < -0.39 is 9.84 Å². The molecule has 1 amide bonds. The molecule has 2 aromatic carbocycles. The van der Waals surface area contributed by atoms with Gasteiger partial charge in [-0.1, -0.05) is 31.5 Å². The van der Waals surface area contributed by atoms with Crippen molar-refractivity contribution < 1.29 is 17.9 Å². The lowest BCUT2D eigenvalue weighted by Gasteiger charge is -2.08. The first-order chi connectivity index (χ1) is 12.0. The lowest BCUT2D eigenvalue weighted by molar-refractivity contribution is 0.0956. The first-order valence-electron chi connectivity index (χ1n) is 8.32. The zero-order chi connectivity index (χ0) is 18.1. The second kappa shape index (κ2) is 9.22. The van der Waals surface area contributed by atoms with Crippen molar-refractivity contribution in [3.63, 3.8) is 0 Å². The van der Waals surface area contributed by atoms with Crippen LogP contribution in [0.2, 0.25) is 0 Å². The Kier molecular flexibility index (Phi) is 7.01. The van der Waals surface area contributed by atoms with Crippen molar-refractivity contribution in [3.8, 4) is 5.75 Å². The lowest BCUT2D eigenvalue weighted by Crippen LogP contribution is -2.29. The third-order valence-corrected chi connectivity index (χ3v) is 5.37. The van der Waals surface area contributed by atoms with E-state index in [2.05, 4.69) is 12.2 Å². The van der Waals surface area contributed by atoms with E-state index in [9.17, 15) is 13.2 Å². The molecule has 0 atom stereocenters. The molecule has 1 N–H and O–H groups in total. The number of hydrogen-bond acceptors (Lipinski definition) is 4. The van der Waals surface area contributed by atoms with Crippen molar-refractivity contribution in [1.29, 1.82) is 0 Å². The maximum Gasteiger partial charge on any atom is 0.251 e. The van der Waals surface area contributed by atoms with Gasteiger partial charge in [0.2, 0.25) is 0 Å². The molecule has 0 saturated heterocycles. The Morgan fingerprint density at radius 2 is 1.72 bits per heavy atom. The number of unbranched alkanes of at least 4 members (excludes halogenated alkanes) is 1. The SMILES string of the molecule is CCCCOc1ccc(C(=O)NCCS(=O)(=O)c2ccccc2)cc1. The maximum absolute atomic E-state index is 12.2. The summed E-state index contributed by atoms with van der Waals surface area (Å²) in [6.45, 7) is 2.80. The van der Waals surface area contributed by atoms with E-state index in [0.717, 1.165) is 18.6 Å². The number of benzene rings is 2. The van der Waals surface area contributed by atoms with Crippen molar-refractivity contribution in [2.75, 3.05) is 18.9 Å². The van der Waals surface area contributed by atoms with Crippen LogP contribution in [-0.4, -0.2) is 33.2 Å². The van der Waals surface area contributed by atoms with E-state index in [-0.39, 0.29) is 23.1 Å². The predicted octanol–water partition coefficient (Wildman–Crippen LogP) is 3.07. The zero-order valence-electron chi connectivity index (χ0n) is 14.3.